The van der Waals surface area contributed by atoms with Crippen LogP contribution in [0.1, 0.15) is 27.7 Å². The molecule has 0 saturated carbocycles. The first-order valence-corrected chi connectivity index (χ1v) is 7.62. The Morgan fingerprint density at radius 2 is 1.00 bits per heavy atom. The van der Waals surface area contributed by atoms with Gasteiger partial charge in [-0.3, -0.25) is 8.97 Å². The van der Waals surface area contributed by atoms with E-state index in [1.807, 2.05) is 0 Å². The number of quaternary nitrogens is 2. The van der Waals surface area contributed by atoms with Crippen LogP contribution in [0.2, 0.25) is 0 Å². The first kappa shape index (κ1) is 17.5. The van der Waals surface area contributed by atoms with Gasteiger partial charge in [0.25, 0.3) is 0 Å². The zero-order chi connectivity index (χ0) is 13.7. The summed E-state index contributed by atoms with van der Waals surface area (Å²) in [6, 6.07) is 0. The van der Waals surface area contributed by atoms with Crippen LogP contribution in [-0.2, 0) is 25.3 Å². The fraction of sp³-hybridized carbons (Fsp3) is 0.818. The molecule has 0 spiro atoms. The second-order valence-corrected chi connectivity index (χ2v) is 6.29. The first-order chi connectivity index (χ1) is 7.84. The molecule has 0 aliphatic heterocycles. The van der Waals surface area contributed by atoms with Crippen molar-refractivity contribution in [2.24, 2.45) is 0 Å². The number of thiocarbonyl (C=S) groups is 2. The molecular formula is C11H22N2S4. The molecule has 6 heteroatoms. The molecule has 0 bridgehead atoms. The minimum absolute atomic E-state index is 0.616. The molecule has 0 aromatic heterocycles. The van der Waals surface area contributed by atoms with Crippen LogP contribution in [0.4, 0.5) is 0 Å². The van der Waals surface area contributed by atoms with Gasteiger partial charge < -0.3 is 49.7 Å². The topological polar surface area (TPSA) is 0 Å². The maximum atomic E-state index is 5.28. The Balaban J connectivity index is 5.33. The van der Waals surface area contributed by atoms with E-state index < -0.39 is 0 Å². The van der Waals surface area contributed by atoms with Crippen molar-refractivity contribution in [1.82, 2.24) is 0 Å². The molecule has 0 heterocycles. The summed E-state index contributed by atoms with van der Waals surface area (Å²) >= 11 is 21.1. The molecule has 0 unspecified atom stereocenters. The Kier molecular flexibility index (Phi) is 7.44. The molecule has 0 aliphatic carbocycles. The number of hydrogen-bond acceptors (Lipinski definition) is 4. The third-order valence-electron chi connectivity index (χ3n) is 3.74. The molecule has 17 heavy (non-hydrogen) atoms. The predicted octanol–water partition coefficient (Wildman–Crippen LogP) is 2.32. The van der Waals surface area contributed by atoms with Crippen molar-refractivity contribution in [2.75, 3.05) is 32.8 Å². The Hall–Kier alpha value is 0.540. The van der Waals surface area contributed by atoms with Crippen molar-refractivity contribution in [3.8, 4) is 0 Å². The fourth-order valence-electron chi connectivity index (χ4n) is 2.00. The van der Waals surface area contributed by atoms with Gasteiger partial charge in [-0.25, -0.2) is 0 Å². The summed E-state index contributed by atoms with van der Waals surface area (Å²) in [6.45, 7) is 12.9. The van der Waals surface area contributed by atoms with Crippen molar-refractivity contribution in [3.63, 3.8) is 0 Å². The van der Waals surface area contributed by atoms with Crippen LogP contribution in [0, 0.1) is 0 Å². The van der Waals surface area contributed by atoms with Crippen molar-refractivity contribution in [1.29, 1.82) is 0 Å². The third-order valence-corrected chi connectivity index (χ3v) is 5.29. The summed E-state index contributed by atoms with van der Waals surface area (Å²) in [5, 5.41) is 0. The normalized spacial score (nSPS) is 12.5. The Labute approximate surface area is 127 Å². The largest absolute Gasteiger partial charge is 0.369 e. The van der Waals surface area contributed by atoms with Crippen LogP contribution >= 0.6 is 24.4 Å². The molecule has 100 valence electrons. The van der Waals surface area contributed by atoms with E-state index >= 15 is 0 Å². The van der Waals surface area contributed by atoms with Gasteiger partial charge in [-0.2, -0.15) is 0 Å². The van der Waals surface area contributed by atoms with Gasteiger partial charge in [0.2, 0.25) is 6.67 Å². The lowest BCUT2D eigenvalue weighted by Crippen LogP contribution is -2.65. The van der Waals surface area contributed by atoms with Crippen LogP contribution in [0.3, 0.4) is 0 Å². The van der Waals surface area contributed by atoms with Crippen molar-refractivity contribution in [3.05, 3.63) is 0 Å². The average Bonchev–Trinajstić information content (AvgIpc) is 2.31. The van der Waals surface area contributed by atoms with Gasteiger partial charge in [-0.1, -0.05) is 0 Å². The maximum absolute atomic E-state index is 5.28. The zero-order valence-electron chi connectivity index (χ0n) is 11.1. The van der Waals surface area contributed by atoms with Crippen molar-refractivity contribution in [2.45, 2.75) is 27.7 Å². The van der Waals surface area contributed by atoms with Crippen LogP contribution in [-0.4, -0.2) is 50.5 Å². The molecule has 0 atom stereocenters. The Morgan fingerprint density at radius 1 is 0.765 bits per heavy atom. The van der Waals surface area contributed by atoms with Crippen LogP contribution < -0.4 is 0 Å². The highest BCUT2D eigenvalue weighted by molar-refractivity contribution is 8.00. The van der Waals surface area contributed by atoms with Crippen LogP contribution in [0.15, 0.2) is 0 Å². The molecule has 0 rings (SSSR count). The van der Waals surface area contributed by atoms with E-state index in [1.54, 1.807) is 0 Å². The Bertz CT molecular complexity index is 255. The smallest absolute Gasteiger partial charge is 0.214 e. The molecule has 0 amide bonds. The minimum atomic E-state index is 0.616. The highest BCUT2D eigenvalue weighted by Crippen LogP contribution is 2.18. The SMILES string of the molecule is CC[N+](CC)(C[N+](CC)(CC)C(=S)[S-])C(=S)[S-]. The summed E-state index contributed by atoms with van der Waals surface area (Å²) in [7, 11) is 0. The summed E-state index contributed by atoms with van der Waals surface area (Å²) in [5.41, 5.74) is 0. The molecular weight excluding hydrogens is 288 g/mol. The number of hydrogen-bond donors (Lipinski definition) is 0. The van der Waals surface area contributed by atoms with E-state index in [0.717, 1.165) is 32.8 Å². The molecule has 0 aromatic rings. The lowest BCUT2D eigenvalue weighted by atomic mass is 10.3. The quantitative estimate of drug-likeness (QED) is 0.319. The van der Waals surface area contributed by atoms with Crippen molar-refractivity contribution >= 4 is 58.3 Å². The fourth-order valence-corrected chi connectivity index (χ4v) is 3.26. The molecule has 0 aromatic carbocycles. The van der Waals surface area contributed by atoms with Gasteiger partial charge in [0.15, 0.2) is 0 Å². The van der Waals surface area contributed by atoms with Gasteiger partial charge >= 0.3 is 0 Å². The summed E-state index contributed by atoms with van der Waals surface area (Å²) in [4.78, 5) is 0. The molecule has 2 nitrogen and oxygen atoms in total. The van der Waals surface area contributed by atoms with E-state index in [0.29, 0.717) is 17.6 Å². The molecule has 0 N–H and O–H groups in total. The van der Waals surface area contributed by atoms with E-state index in [4.69, 9.17) is 49.7 Å². The maximum Gasteiger partial charge on any atom is 0.214 e. The van der Waals surface area contributed by atoms with Gasteiger partial charge in [0.1, 0.15) is 0 Å². The van der Waals surface area contributed by atoms with Crippen LogP contribution in [0.5, 0.6) is 0 Å². The Morgan fingerprint density at radius 3 is 1.12 bits per heavy atom. The lowest BCUT2D eigenvalue weighted by molar-refractivity contribution is -1.01. The summed E-state index contributed by atoms with van der Waals surface area (Å²) in [6.07, 6.45) is 0. The molecule has 0 fully saturated rings. The highest BCUT2D eigenvalue weighted by atomic mass is 32.1. The van der Waals surface area contributed by atoms with Crippen LogP contribution in [0.25, 0.3) is 0 Å². The average molecular weight is 311 g/mol. The lowest BCUT2D eigenvalue weighted by Gasteiger charge is -2.48. The highest BCUT2D eigenvalue weighted by Gasteiger charge is 2.35. The van der Waals surface area contributed by atoms with E-state index in [2.05, 4.69) is 27.7 Å². The zero-order valence-corrected chi connectivity index (χ0v) is 14.3. The standard InChI is InChI=1S/C11H22N2S4/c1-5-12(6-2,10(14)15)9-13(7-3,8-4)11(16)17/h5-9H2,1-4H3. The van der Waals surface area contributed by atoms with Gasteiger partial charge in [0, 0.05) is 8.64 Å². The minimum Gasteiger partial charge on any atom is -0.369 e. The second kappa shape index (κ2) is 7.21. The summed E-state index contributed by atoms with van der Waals surface area (Å²) < 4.78 is 2.52. The van der Waals surface area contributed by atoms with Crippen molar-refractivity contribution < 1.29 is 8.97 Å². The van der Waals surface area contributed by atoms with E-state index in [9.17, 15) is 0 Å². The molecule has 0 aliphatic rings. The van der Waals surface area contributed by atoms with E-state index in [1.165, 1.54) is 0 Å². The molecule has 0 radical (unpaired) electrons. The van der Waals surface area contributed by atoms with Gasteiger partial charge in [0.05, 0.1) is 26.2 Å². The van der Waals surface area contributed by atoms with Gasteiger partial charge in [-0.15, -0.1) is 0 Å². The summed E-state index contributed by atoms with van der Waals surface area (Å²) in [5.74, 6) is 0. The number of rotatable bonds is 6. The predicted molar refractivity (Wildman–Crippen MR) is 87.5 cm³/mol. The molecule has 0 saturated heterocycles. The van der Waals surface area contributed by atoms with E-state index in [-0.39, 0.29) is 0 Å². The first-order valence-electron chi connectivity index (χ1n) is 5.99. The monoisotopic (exact) mass is 310 g/mol. The third kappa shape index (κ3) is 3.75. The second-order valence-electron chi connectivity index (χ2n) is 4.23. The van der Waals surface area contributed by atoms with Gasteiger partial charge in [-0.05, 0) is 27.7 Å². The number of nitrogens with zero attached hydrogens (tertiary/aromatic N) is 2.